The third-order valence-electron chi connectivity index (χ3n) is 2.72. The van der Waals surface area contributed by atoms with Gasteiger partial charge in [-0.2, -0.15) is 0 Å². The minimum Gasteiger partial charge on any atom is -0.383 e. The maximum atomic E-state index is 13.7. The van der Waals surface area contributed by atoms with Crippen molar-refractivity contribution in [3.05, 3.63) is 33.8 Å². The zero-order valence-corrected chi connectivity index (χ0v) is 12.9. The van der Waals surface area contributed by atoms with E-state index in [1.54, 1.807) is 6.92 Å². The molecule has 1 aromatic carbocycles. The number of benzene rings is 1. The fourth-order valence-corrected chi connectivity index (χ4v) is 1.88. The molecule has 1 rings (SSSR count). The highest BCUT2D eigenvalue weighted by molar-refractivity contribution is 9.10. The van der Waals surface area contributed by atoms with Crippen molar-refractivity contribution in [2.75, 3.05) is 20.3 Å². The molecule has 0 spiro atoms. The Balaban J connectivity index is 2.55. The van der Waals surface area contributed by atoms with Gasteiger partial charge in [0.25, 0.3) is 0 Å². The van der Waals surface area contributed by atoms with Gasteiger partial charge >= 0.3 is 0 Å². The Morgan fingerprint density at radius 1 is 1.45 bits per heavy atom. The molecule has 1 atom stereocenters. The van der Waals surface area contributed by atoms with Gasteiger partial charge in [-0.1, -0.05) is 0 Å². The van der Waals surface area contributed by atoms with Gasteiger partial charge in [-0.05, 0) is 35.0 Å². The van der Waals surface area contributed by atoms with Gasteiger partial charge in [-0.15, -0.1) is 0 Å². The summed E-state index contributed by atoms with van der Waals surface area (Å²) in [5.41, 5.74) is -0.101. The Bertz CT molecular complexity index is 472. The minimum absolute atomic E-state index is 0.0734. The fraction of sp³-hybridized carbons (Fsp3) is 0.462. The van der Waals surface area contributed by atoms with Crippen molar-refractivity contribution in [2.45, 2.75) is 19.5 Å². The lowest BCUT2D eigenvalue weighted by Crippen LogP contribution is -2.43. The van der Waals surface area contributed by atoms with Crippen molar-refractivity contribution >= 4 is 21.8 Å². The number of amides is 1. The van der Waals surface area contributed by atoms with Gasteiger partial charge in [0.05, 0.1) is 17.1 Å². The van der Waals surface area contributed by atoms with Gasteiger partial charge in [0.15, 0.2) is 0 Å². The molecule has 0 bridgehead atoms. The standard InChI is InChI=1S/C13H17BrF2N2O2/c1-8(13(19)17-5-6-20-2)18-7-9-11(15)4-3-10(14)12(9)16/h3-4,8,18H,5-7H2,1-2H3,(H,17,19). The lowest BCUT2D eigenvalue weighted by atomic mass is 10.2. The molecule has 112 valence electrons. The quantitative estimate of drug-likeness (QED) is 0.583. The van der Waals surface area contributed by atoms with Crippen LogP contribution in [0, 0.1) is 11.6 Å². The number of ether oxygens (including phenoxy) is 1. The Morgan fingerprint density at radius 3 is 2.80 bits per heavy atom. The molecule has 0 radical (unpaired) electrons. The van der Waals surface area contributed by atoms with Crippen LogP contribution in [-0.4, -0.2) is 32.2 Å². The molecule has 0 saturated carbocycles. The van der Waals surface area contributed by atoms with Crippen molar-refractivity contribution in [2.24, 2.45) is 0 Å². The van der Waals surface area contributed by atoms with Crippen LogP contribution in [0.2, 0.25) is 0 Å². The molecule has 0 aliphatic carbocycles. The van der Waals surface area contributed by atoms with E-state index in [1.165, 1.54) is 19.2 Å². The summed E-state index contributed by atoms with van der Waals surface area (Å²) in [5, 5.41) is 5.42. The summed E-state index contributed by atoms with van der Waals surface area (Å²) in [6, 6.07) is 1.91. The molecule has 0 aromatic heterocycles. The van der Waals surface area contributed by atoms with E-state index in [4.69, 9.17) is 4.74 Å². The number of carbonyl (C=O) groups is 1. The van der Waals surface area contributed by atoms with Gasteiger partial charge < -0.3 is 15.4 Å². The van der Waals surface area contributed by atoms with E-state index in [2.05, 4.69) is 26.6 Å². The van der Waals surface area contributed by atoms with E-state index in [0.717, 1.165) is 0 Å². The first-order valence-electron chi connectivity index (χ1n) is 6.09. The molecule has 20 heavy (non-hydrogen) atoms. The molecule has 1 unspecified atom stereocenters. The predicted molar refractivity (Wildman–Crippen MR) is 75.2 cm³/mol. The van der Waals surface area contributed by atoms with Crippen molar-refractivity contribution in [1.29, 1.82) is 0 Å². The van der Waals surface area contributed by atoms with Gasteiger partial charge in [-0.3, -0.25) is 4.79 Å². The highest BCUT2D eigenvalue weighted by atomic mass is 79.9. The number of carbonyl (C=O) groups excluding carboxylic acids is 1. The summed E-state index contributed by atoms with van der Waals surface area (Å²) in [5.74, 6) is -1.56. The van der Waals surface area contributed by atoms with Crippen molar-refractivity contribution in [1.82, 2.24) is 10.6 Å². The number of hydrogen-bond donors (Lipinski definition) is 2. The van der Waals surface area contributed by atoms with E-state index in [9.17, 15) is 13.6 Å². The highest BCUT2D eigenvalue weighted by Crippen LogP contribution is 2.21. The van der Waals surface area contributed by atoms with Gasteiger partial charge in [0.1, 0.15) is 11.6 Å². The highest BCUT2D eigenvalue weighted by Gasteiger charge is 2.16. The first kappa shape index (κ1) is 17.0. The van der Waals surface area contributed by atoms with E-state index in [0.29, 0.717) is 13.2 Å². The van der Waals surface area contributed by atoms with Crippen LogP contribution < -0.4 is 10.6 Å². The molecule has 1 aromatic rings. The average molecular weight is 351 g/mol. The molecule has 4 nitrogen and oxygen atoms in total. The normalized spacial score (nSPS) is 12.2. The molecule has 2 N–H and O–H groups in total. The van der Waals surface area contributed by atoms with Crippen molar-refractivity contribution in [3.63, 3.8) is 0 Å². The zero-order chi connectivity index (χ0) is 15.1. The summed E-state index contributed by atoms with van der Waals surface area (Å²) in [7, 11) is 1.53. The lowest BCUT2D eigenvalue weighted by Gasteiger charge is -2.15. The molecule has 0 heterocycles. The lowest BCUT2D eigenvalue weighted by molar-refractivity contribution is -0.123. The van der Waals surface area contributed by atoms with Crippen LogP contribution >= 0.6 is 15.9 Å². The smallest absolute Gasteiger partial charge is 0.236 e. The summed E-state index contributed by atoms with van der Waals surface area (Å²) in [6.45, 7) is 2.35. The monoisotopic (exact) mass is 350 g/mol. The Morgan fingerprint density at radius 2 is 2.15 bits per heavy atom. The molecular weight excluding hydrogens is 334 g/mol. The Labute approximate surface area is 125 Å². The summed E-state index contributed by atoms with van der Waals surface area (Å²) in [4.78, 5) is 11.6. The SMILES string of the molecule is COCCNC(=O)C(C)NCc1c(F)ccc(Br)c1F. The number of halogens is 3. The van der Waals surface area contributed by atoms with Gasteiger partial charge in [-0.25, -0.2) is 8.78 Å². The van der Waals surface area contributed by atoms with E-state index in [1.807, 2.05) is 0 Å². The van der Waals surface area contributed by atoms with Crippen LogP contribution in [0.15, 0.2) is 16.6 Å². The van der Waals surface area contributed by atoms with Crippen LogP contribution in [0.1, 0.15) is 12.5 Å². The van der Waals surface area contributed by atoms with Crippen molar-refractivity contribution in [3.8, 4) is 0 Å². The molecule has 0 saturated heterocycles. The second kappa shape index (κ2) is 8.28. The summed E-state index contributed by atoms with van der Waals surface area (Å²) in [6.07, 6.45) is 0. The molecule has 0 aliphatic rings. The van der Waals surface area contributed by atoms with E-state index >= 15 is 0 Å². The summed E-state index contributed by atoms with van der Waals surface area (Å²) < 4.78 is 32.2. The van der Waals surface area contributed by atoms with Crippen LogP contribution in [-0.2, 0) is 16.1 Å². The van der Waals surface area contributed by atoms with E-state index < -0.39 is 17.7 Å². The third kappa shape index (κ3) is 4.81. The van der Waals surface area contributed by atoms with Gasteiger partial charge in [0.2, 0.25) is 5.91 Å². The maximum Gasteiger partial charge on any atom is 0.236 e. The first-order chi connectivity index (χ1) is 9.47. The van der Waals surface area contributed by atoms with Crippen LogP contribution in [0.4, 0.5) is 8.78 Å². The molecule has 1 amide bonds. The van der Waals surface area contributed by atoms with Crippen molar-refractivity contribution < 1.29 is 18.3 Å². The number of methoxy groups -OCH3 is 1. The molecule has 0 fully saturated rings. The number of nitrogens with one attached hydrogen (secondary N) is 2. The zero-order valence-electron chi connectivity index (χ0n) is 11.3. The van der Waals surface area contributed by atoms with Crippen LogP contribution in [0.5, 0.6) is 0 Å². The molecular formula is C13H17BrF2N2O2. The van der Waals surface area contributed by atoms with Gasteiger partial charge in [0, 0.05) is 25.8 Å². The fourth-order valence-electron chi connectivity index (χ4n) is 1.51. The maximum absolute atomic E-state index is 13.7. The van der Waals surface area contributed by atoms with Crippen LogP contribution in [0.25, 0.3) is 0 Å². The second-order valence-corrected chi connectivity index (χ2v) is 5.06. The Kier molecular flexibility index (Phi) is 7.04. The minimum atomic E-state index is -0.663. The third-order valence-corrected chi connectivity index (χ3v) is 3.34. The predicted octanol–water partition coefficient (Wildman–Crippen LogP) is 1.97. The second-order valence-electron chi connectivity index (χ2n) is 4.21. The van der Waals surface area contributed by atoms with Crippen LogP contribution in [0.3, 0.4) is 0 Å². The topological polar surface area (TPSA) is 50.4 Å². The molecule has 7 heteroatoms. The number of rotatable bonds is 7. The van der Waals surface area contributed by atoms with E-state index in [-0.39, 0.29) is 22.5 Å². The Hall–Kier alpha value is -1.05. The average Bonchev–Trinajstić information content (AvgIpc) is 2.43. The largest absolute Gasteiger partial charge is 0.383 e. The number of hydrogen-bond acceptors (Lipinski definition) is 3. The summed E-state index contributed by atoms with van der Waals surface area (Å²) >= 11 is 3.00. The first-order valence-corrected chi connectivity index (χ1v) is 6.89. The molecule has 0 aliphatic heterocycles.